The van der Waals surface area contributed by atoms with Crippen molar-refractivity contribution in [2.45, 2.75) is 18.6 Å². The molecule has 0 aliphatic carbocycles. The van der Waals surface area contributed by atoms with E-state index in [-0.39, 0.29) is 36.1 Å². The van der Waals surface area contributed by atoms with Crippen LogP contribution >= 0.6 is 27.7 Å². The maximum atomic E-state index is 12.7. The van der Waals surface area contributed by atoms with Crippen LogP contribution in [-0.2, 0) is 16.1 Å². The van der Waals surface area contributed by atoms with Gasteiger partial charge in [-0.05, 0) is 67.6 Å². The van der Waals surface area contributed by atoms with Crippen LogP contribution in [0.15, 0.2) is 82.4 Å². The van der Waals surface area contributed by atoms with E-state index in [0.29, 0.717) is 22.2 Å². The third-order valence-corrected chi connectivity index (χ3v) is 7.00. The van der Waals surface area contributed by atoms with Crippen LogP contribution in [0, 0.1) is 10.1 Å². The summed E-state index contributed by atoms with van der Waals surface area (Å²) in [5, 5.41) is 25.3. The second-order valence-electron chi connectivity index (χ2n) is 8.33. The second-order valence-corrected chi connectivity index (χ2v) is 10.2. The van der Waals surface area contributed by atoms with Crippen LogP contribution in [0.1, 0.15) is 33.5 Å². The Morgan fingerprint density at radius 2 is 1.63 bits per heavy atom. The number of nitro benzene ring substituents is 1. The molecule has 1 heterocycles. The molecule has 4 rings (SSSR count). The van der Waals surface area contributed by atoms with E-state index in [0.717, 1.165) is 21.9 Å². The molecule has 12 nitrogen and oxygen atoms in total. The molecule has 0 radical (unpaired) electrons. The Bertz CT molecular complexity index is 1560. The average Bonchev–Trinajstić information content (AvgIpc) is 3.38. The lowest BCUT2D eigenvalue weighted by Gasteiger charge is -2.11. The first-order chi connectivity index (χ1) is 19.7. The number of nitro groups is 1. The Labute approximate surface area is 246 Å². The normalized spacial score (nSPS) is 10.6. The average molecular weight is 639 g/mol. The van der Waals surface area contributed by atoms with Gasteiger partial charge in [-0.3, -0.25) is 24.3 Å². The summed E-state index contributed by atoms with van der Waals surface area (Å²) in [7, 11) is 0. The first-order valence-electron chi connectivity index (χ1n) is 12.2. The van der Waals surface area contributed by atoms with Crippen molar-refractivity contribution in [3.63, 3.8) is 0 Å². The molecule has 0 spiro atoms. The molecule has 3 aromatic carbocycles. The highest BCUT2D eigenvalue weighted by Crippen LogP contribution is 2.24. The van der Waals surface area contributed by atoms with Gasteiger partial charge in [0.2, 0.25) is 5.91 Å². The molecular formula is C27H23BrN6O6S. The SMILES string of the molecule is CCOC(=O)c1ccc(NC(=O)CSc2nnc(CNC(=O)c3ccc([N+](=O)[O-])cc3)n2-c2ccc(Br)cc2)cc1. The van der Waals surface area contributed by atoms with Crippen LogP contribution in [0.3, 0.4) is 0 Å². The number of ether oxygens (including phenoxy) is 1. The van der Waals surface area contributed by atoms with Gasteiger partial charge in [0.1, 0.15) is 0 Å². The minimum absolute atomic E-state index is 0.0124. The van der Waals surface area contributed by atoms with Gasteiger partial charge in [-0.15, -0.1) is 10.2 Å². The summed E-state index contributed by atoms with van der Waals surface area (Å²) >= 11 is 4.57. The number of amides is 2. The van der Waals surface area contributed by atoms with E-state index in [1.165, 1.54) is 24.3 Å². The predicted molar refractivity (Wildman–Crippen MR) is 155 cm³/mol. The number of benzene rings is 3. The van der Waals surface area contributed by atoms with Crippen LogP contribution in [0.4, 0.5) is 11.4 Å². The second kappa shape index (κ2) is 13.7. The molecule has 0 saturated heterocycles. The number of aromatic nitrogens is 3. The summed E-state index contributed by atoms with van der Waals surface area (Å²) in [6.45, 7) is 2.01. The number of carbonyl (C=O) groups is 3. The van der Waals surface area contributed by atoms with Gasteiger partial charge in [0.15, 0.2) is 11.0 Å². The zero-order valence-electron chi connectivity index (χ0n) is 21.6. The van der Waals surface area contributed by atoms with E-state index in [1.54, 1.807) is 35.8 Å². The van der Waals surface area contributed by atoms with Crippen molar-refractivity contribution in [2.75, 3.05) is 17.7 Å². The van der Waals surface area contributed by atoms with Crippen molar-refractivity contribution in [1.82, 2.24) is 20.1 Å². The topological polar surface area (TPSA) is 158 Å². The number of nitrogens with zero attached hydrogens (tertiary/aromatic N) is 4. The minimum atomic E-state index is -0.538. The van der Waals surface area contributed by atoms with Crippen molar-refractivity contribution in [2.24, 2.45) is 0 Å². The Morgan fingerprint density at radius 3 is 2.27 bits per heavy atom. The van der Waals surface area contributed by atoms with Gasteiger partial charge in [0, 0.05) is 33.5 Å². The summed E-state index contributed by atoms with van der Waals surface area (Å²) in [5.41, 5.74) is 1.76. The Kier molecular flexibility index (Phi) is 9.81. The van der Waals surface area contributed by atoms with Crippen LogP contribution < -0.4 is 10.6 Å². The molecule has 0 unspecified atom stereocenters. The number of hydrogen-bond donors (Lipinski definition) is 2. The maximum Gasteiger partial charge on any atom is 0.338 e. The van der Waals surface area contributed by atoms with Crippen LogP contribution in [0.5, 0.6) is 0 Å². The number of non-ortho nitro benzene ring substituents is 1. The van der Waals surface area contributed by atoms with E-state index in [4.69, 9.17) is 4.74 Å². The molecule has 2 amide bonds. The van der Waals surface area contributed by atoms with Crippen molar-refractivity contribution < 1.29 is 24.0 Å². The fourth-order valence-electron chi connectivity index (χ4n) is 3.58. The van der Waals surface area contributed by atoms with Crippen LogP contribution in [0.25, 0.3) is 5.69 Å². The zero-order chi connectivity index (χ0) is 29.4. The summed E-state index contributed by atoms with van der Waals surface area (Å²) in [6, 6.07) is 19.0. The molecule has 41 heavy (non-hydrogen) atoms. The monoisotopic (exact) mass is 638 g/mol. The first-order valence-corrected chi connectivity index (χ1v) is 14.0. The molecule has 0 bridgehead atoms. The number of esters is 1. The fraction of sp³-hybridized carbons (Fsp3) is 0.148. The Morgan fingerprint density at radius 1 is 0.976 bits per heavy atom. The molecule has 0 fully saturated rings. The van der Waals surface area contributed by atoms with Gasteiger partial charge < -0.3 is 15.4 Å². The molecule has 210 valence electrons. The largest absolute Gasteiger partial charge is 0.462 e. The molecule has 2 N–H and O–H groups in total. The fourth-order valence-corrected chi connectivity index (χ4v) is 4.62. The highest BCUT2D eigenvalue weighted by atomic mass is 79.9. The number of hydrogen-bond acceptors (Lipinski definition) is 9. The van der Waals surface area contributed by atoms with Gasteiger partial charge in [-0.1, -0.05) is 27.7 Å². The number of anilines is 1. The molecule has 14 heteroatoms. The van der Waals surface area contributed by atoms with E-state index in [2.05, 4.69) is 36.8 Å². The third-order valence-electron chi connectivity index (χ3n) is 5.54. The molecule has 4 aromatic rings. The zero-order valence-corrected chi connectivity index (χ0v) is 24.0. The summed E-state index contributed by atoms with van der Waals surface area (Å²) in [5.74, 6) is -0.734. The highest BCUT2D eigenvalue weighted by Gasteiger charge is 2.18. The Balaban J connectivity index is 1.44. The summed E-state index contributed by atoms with van der Waals surface area (Å²) in [4.78, 5) is 47.5. The number of nitrogens with one attached hydrogen (secondary N) is 2. The highest BCUT2D eigenvalue weighted by molar-refractivity contribution is 9.10. The number of halogens is 1. The van der Waals surface area contributed by atoms with Gasteiger partial charge >= 0.3 is 5.97 Å². The van der Waals surface area contributed by atoms with Gasteiger partial charge in [0.25, 0.3) is 11.6 Å². The van der Waals surface area contributed by atoms with E-state index < -0.39 is 16.8 Å². The Hall–Kier alpha value is -4.56. The molecule has 1 aromatic heterocycles. The van der Waals surface area contributed by atoms with E-state index in [9.17, 15) is 24.5 Å². The van der Waals surface area contributed by atoms with Gasteiger partial charge in [0.05, 0.1) is 29.4 Å². The standard InChI is InChI=1S/C27H23BrN6O6S/c1-2-40-26(37)18-3-9-20(10-4-18)30-24(35)16-41-27-32-31-23(33(27)21-13-7-19(28)8-14-21)15-29-25(36)17-5-11-22(12-6-17)34(38)39/h3-14H,2,15-16H2,1H3,(H,29,36)(H,30,35). The molecule has 0 atom stereocenters. The van der Waals surface area contributed by atoms with Crippen molar-refractivity contribution in [3.8, 4) is 5.69 Å². The maximum absolute atomic E-state index is 12.7. The molecule has 0 saturated carbocycles. The molecule has 0 aliphatic rings. The quantitative estimate of drug-likeness (QED) is 0.102. The molecular weight excluding hydrogens is 616 g/mol. The predicted octanol–water partition coefficient (Wildman–Crippen LogP) is 4.78. The lowest BCUT2D eigenvalue weighted by atomic mass is 10.2. The minimum Gasteiger partial charge on any atom is -0.462 e. The van der Waals surface area contributed by atoms with Crippen molar-refractivity contribution in [3.05, 3.63) is 104 Å². The lowest BCUT2D eigenvalue weighted by Crippen LogP contribution is -2.24. The van der Waals surface area contributed by atoms with Crippen molar-refractivity contribution >= 4 is 56.9 Å². The van der Waals surface area contributed by atoms with E-state index in [1.807, 2.05) is 24.3 Å². The van der Waals surface area contributed by atoms with Crippen LogP contribution in [0.2, 0.25) is 0 Å². The van der Waals surface area contributed by atoms with Crippen LogP contribution in [-0.4, -0.2) is 49.8 Å². The number of rotatable bonds is 11. The van der Waals surface area contributed by atoms with Gasteiger partial charge in [-0.25, -0.2) is 4.79 Å². The van der Waals surface area contributed by atoms with Gasteiger partial charge in [-0.2, -0.15) is 0 Å². The molecule has 0 aliphatic heterocycles. The number of carbonyl (C=O) groups excluding carboxylic acids is 3. The van der Waals surface area contributed by atoms with Crippen molar-refractivity contribution in [1.29, 1.82) is 0 Å². The van der Waals surface area contributed by atoms with E-state index >= 15 is 0 Å². The number of thioether (sulfide) groups is 1. The summed E-state index contributed by atoms with van der Waals surface area (Å²) in [6.07, 6.45) is 0. The third kappa shape index (κ3) is 7.77. The first kappa shape index (κ1) is 29.4. The smallest absolute Gasteiger partial charge is 0.338 e. The lowest BCUT2D eigenvalue weighted by molar-refractivity contribution is -0.384. The summed E-state index contributed by atoms with van der Waals surface area (Å²) < 4.78 is 7.56.